The maximum atomic E-state index is 6.03. The van der Waals surface area contributed by atoms with Gasteiger partial charge < -0.3 is 19.3 Å². The zero-order valence-electron chi connectivity index (χ0n) is 17.6. The van der Waals surface area contributed by atoms with Crippen molar-refractivity contribution in [3.63, 3.8) is 0 Å². The Morgan fingerprint density at radius 3 is 2.31 bits per heavy atom. The Hall–Kier alpha value is -1.58. The van der Waals surface area contributed by atoms with Crippen LogP contribution in [0.15, 0.2) is 30.3 Å². The van der Waals surface area contributed by atoms with Crippen molar-refractivity contribution < 1.29 is 9.47 Å². The number of piperazine rings is 1. The third kappa shape index (κ3) is 6.20. The van der Waals surface area contributed by atoms with Crippen LogP contribution in [0.25, 0.3) is 0 Å². The number of piperidine rings is 1. The molecule has 1 aromatic rings. The van der Waals surface area contributed by atoms with Crippen LogP contribution in [0.5, 0.6) is 0 Å². The third-order valence-corrected chi connectivity index (χ3v) is 6.50. The first kappa shape index (κ1) is 20.7. The predicted octanol–water partition coefficient (Wildman–Crippen LogP) is 2.47. The number of benzene rings is 1. The number of hydrogen-bond acceptors (Lipinski definition) is 5. The van der Waals surface area contributed by atoms with Gasteiger partial charge in [0.2, 0.25) is 0 Å². The Morgan fingerprint density at radius 2 is 1.59 bits per heavy atom. The molecule has 0 amide bonds. The number of para-hydroxylation sites is 1. The summed E-state index contributed by atoms with van der Waals surface area (Å²) in [6.45, 7) is 9.92. The van der Waals surface area contributed by atoms with Gasteiger partial charge in [-0.3, -0.25) is 4.90 Å². The van der Waals surface area contributed by atoms with Gasteiger partial charge >= 0.3 is 0 Å². The summed E-state index contributed by atoms with van der Waals surface area (Å²) in [5, 5.41) is 0. The molecule has 0 spiro atoms. The summed E-state index contributed by atoms with van der Waals surface area (Å²) >= 11 is 0. The highest BCUT2D eigenvalue weighted by Crippen LogP contribution is 2.21. The topological polar surface area (TPSA) is 28.2 Å². The lowest BCUT2D eigenvalue weighted by Gasteiger charge is -2.38. The van der Waals surface area contributed by atoms with Crippen molar-refractivity contribution in [3.05, 3.63) is 30.3 Å². The van der Waals surface area contributed by atoms with Crippen molar-refractivity contribution in [1.82, 2.24) is 9.80 Å². The van der Waals surface area contributed by atoms with Gasteiger partial charge in [-0.05, 0) is 37.8 Å². The third-order valence-electron chi connectivity index (χ3n) is 6.50. The first-order valence-electron chi connectivity index (χ1n) is 11.3. The van der Waals surface area contributed by atoms with Gasteiger partial charge in [0, 0.05) is 64.2 Å². The average molecular weight is 398 g/mol. The van der Waals surface area contributed by atoms with Crippen LogP contribution in [-0.2, 0) is 9.47 Å². The molecule has 4 rings (SSSR count). The fourth-order valence-corrected chi connectivity index (χ4v) is 4.64. The van der Waals surface area contributed by atoms with Crippen molar-refractivity contribution in [1.29, 1.82) is 0 Å². The fourth-order valence-electron chi connectivity index (χ4n) is 4.64. The van der Waals surface area contributed by atoms with E-state index in [4.69, 9.17) is 9.47 Å². The van der Waals surface area contributed by atoms with Crippen molar-refractivity contribution in [3.8, 4) is 11.8 Å². The predicted molar refractivity (Wildman–Crippen MR) is 117 cm³/mol. The summed E-state index contributed by atoms with van der Waals surface area (Å²) in [5.74, 6) is 6.56. The van der Waals surface area contributed by atoms with Gasteiger partial charge in [0.25, 0.3) is 0 Å². The number of likely N-dealkylation sites (tertiary alicyclic amines) is 1. The minimum absolute atomic E-state index is 0.384. The van der Waals surface area contributed by atoms with Crippen LogP contribution in [0.3, 0.4) is 0 Å². The molecule has 0 aliphatic carbocycles. The normalized spacial score (nSPS) is 23.0. The fraction of sp³-hybridized carbons (Fsp3) is 0.667. The Labute approximate surface area is 175 Å². The molecule has 5 nitrogen and oxygen atoms in total. The summed E-state index contributed by atoms with van der Waals surface area (Å²) in [6, 6.07) is 11.4. The molecule has 3 aliphatic rings. The highest BCUT2D eigenvalue weighted by Gasteiger charge is 2.26. The quantitative estimate of drug-likeness (QED) is 0.712. The molecule has 0 aromatic heterocycles. The summed E-state index contributed by atoms with van der Waals surface area (Å²) in [7, 11) is 0. The molecule has 0 radical (unpaired) electrons. The zero-order valence-corrected chi connectivity index (χ0v) is 17.6. The molecule has 29 heavy (non-hydrogen) atoms. The lowest BCUT2D eigenvalue weighted by Crippen LogP contribution is -2.46. The van der Waals surface area contributed by atoms with Gasteiger partial charge in [-0.1, -0.05) is 30.0 Å². The van der Waals surface area contributed by atoms with Crippen molar-refractivity contribution in [2.75, 3.05) is 70.5 Å². The van der Waals surface area contributed by atoms with Gasteiger partial charge in [-0.15, -0.1) is 0 Å². The Bertz CT molecular complexity index is 650. The molecule has 0 N–H and O–H groups in total. The minimum Gasteiger partial charge on any atom is -0.381 e. The Kier molecular flexibility index (Phi) is 7.84. The maximum Gasteiger partial charge on any atom is 0.108 e. The van der Waals surface area contributed by atoms with E-state index in [9.17, 15) is 0 Å². The van der Waals surface area contributed by atoms with E-state index >= 15 is 0 Å². The molecule has 3 aliphatic heterocycles. The first-order valence-corrected chi connectivity index (χ1v) is 11.3. The summed E-state index contributed by atoms with van der Waals surface area (Å²) in [4.78, 5) is 7.54. The molecule has 0 atom stereocenters. The monoisotopic (exact) mass is 397 g/mol. The molecule has 5 heteroatoms. The summed E-state index contributed by atoms with van der Waals surface area (Å²) in [6.07, 6.45) is 5.04. The van der Waals surface area contributed by atoms with E-state index in [0.29, 0.717) is 12.7 Å². The minimum atomic E-state index is 0.384. The second kappa shape index (κ2) is 11.0. The molecule has 0 unspecified atom stereocenters. The lowest BCUT2D eigenvalue weighted by atomic mass is 10.0. The summed E-state index contributed by atoms with van der Waals surface area (Å²) < 4.78 is 11.5. The van der Waals surface area contributed by atoms with Gasteiger partial charge in [0.1, 0.15) is 6.61 Å². The van der Waals surface area contributed by atoms with Crippen LogP contribution >= 0.6 is 0 Å². The highest BCUT2D eigenvalue weighted by atomic mass is 16.5. The summed E-state index contributed by atoms with van der Waals surface area (Å²) in [5.41, 5.74) is 1.33. The Morgan fingerprint density at radius 1 is 0.862 bits per heavy atom. The maximum absolute atomic E-state index is 6.03. The van der Waals surface area contributed by atoms with Gasteiger partial charge in [-0.2, -0.15) is 0 Å². The number of ether oxygens (including phenoxy) is 2. The van der Waals surface area contributed by atoms with Crippen molar-refractivity contribution in [2.24, 2.45) is 0 Å². The number of anilines is 1. The second-order valence-corrected chi connectivity index (χ2v) is 8.34. The van der Waals surface area contributed by atoms with Crippen LogP contribution in [0, 0.1) is 11.8 Å². The molecular formula is C24H35N3O2. The average Bonchev–Trinajstić information content (AvgIpc) is 2.81. The SMILES string of the molecule is C(#CCN1CCN(c2ccccc2)CC1)COC1CCN(C2CCOCC2)CC1. The molecule has 0 saturated carbocycles. The van der Waals surface area contributed by atoms with Crippen LogP contribution in [0.4, 0.5) is 5.69 Å². The van der Waals surface area contributed by atoms with Crippen LogP contribution in [0.2, 0.25) is 0 Å². The zero-order chi connectivity index (χ0) is 19.7. The molecule has 1 aromatic carbocycles. The number of nitrogens with zero attached hydrogens (tertiary/aromatic N) is 3. The van der Waals surface area contributed by atoms with Crippen molar-refractivity contribution >= 4 is 5.69 Å². The largest absolute Gasteiger partial charge is 0.381 e. The molecular weight excluding hydrogens is 362 g/mol. The van der Waals surface area contributed by atoms with Crippen molar-refractivity contribution in [2.45, 2.75) is 37.8 Å². The molecule has 3 heterocycles. The van der Waals surface area contributed by atoms with Crippen LogP contribution in [0.1, 0.15) is 25.7 Å². The highest BCUT2D eigenvalue weighted by molar-refractivity contribution is 5.46. The van der Waals surface area contributed by atoms with Crippen LogP contribution < -0.4 is 4.90 Å². The van der Waals surface area contributed by atoms with Gasteiger partial charge in [0.15, 0.2) is 0 Å². The van der Waals surface area contributed by atoms with Gasteiger partial charge in [0.05, 0.1) is 12.6 Å². The van der Waals surface area contributed by atoms with E-state index in [2.05, 4.69) is 56.9 Å². The molecule has 158 valence electrons. The molecule has 3 saturated heterocycles. The number of hydrogen-bond donors (Lipinski definition) is 0. The van der Waals surface area contributed by atoms with E-state index in [-0.39, 0.29) is 0 Å². The molecule has 0 bridgehead atoms. The first-order chi connectivity index (χ1) is 14.4. The lowest BCUT2D eigenvalue weighted by molar-refractivity contribution is -0.0138. The second-order valence-electron chi connectivity index (χ2n) is 8.34. The van der Waals surface area contributed by atoms with E-state index in [1.54, 1.807) is 0 Å². The Balaban J connectivity index is 1.08. The van der Waals surface area contributed by atoms with E-state index in [0.717, 1.165) is 77.9 Å². The van der Waals surface area contributed by atoms with E-state index in [1.165, 1.54) is 18.5 Å². The standard InChI is InChI=1S/C24H35N3O2/c1-2-6-22(7-3-1)27-17-15-25(16-18-27)12-4-5-19-29-24-8-13-26(14-9-24)23-10-20-28-21-11-23/h1-3,6-7,23-24H,8-21H2. The van der Waals surface area contributed by atoms with Gasteiger partial charge in [-0.25, -0.2) is 0 Å². The smallest absolute Gasteiger partial charge is 0.108 e. The van der Waals surface area contributed by atoms with Crippen LogP contribution in [-0.4, -0.2) is 87.6 Å². The van der Waals surface area contributed by atoms with E-state index < -0.39 is 0 Å². The molecule has 3 fully saturated rings. The van der Waals surface area contributed by atoms with E-state index in [1.807, 2.05) is 0 Å². The number of rotatable bonds is 5.